The van der Waals surface area contributed by atoms with Crippen LogP contribution in [0.25, 0.3) is 81.9 Å². The van der Waals surface area contributed by atoms with Crippen LogP contribution in [0.1, 0.15) is 0 Å². The number of thiophene rings is 2. The normalized spacial score (nSPS) is 11.8. The molecule has 42 heavy (non-hydrogen) atoms. The molecular formula is C31H17N9S2. The lowest BCUT2D eigenvalue weighted by atomic mass is 10.2. The molecule has 198 valence electrons. The molecule has 11 heteroatoms. The van der Waals surface area contributed by atoms with Gasteiger partial charge < -0.3 is 4.98 Å². The number of rotatable bonds is 4. The second-order valence-electron chi connectivity index (χ2n) is 9.67. The van der Waals surface area contributed by atoms with E-state index < -0.39 is 0 Å². The molecule has 9 nitrogen and oxygen atoms in total. The molecule has 0 atom stereocenters. The van der Waals surface area contributed by atoms with Gasteiger partial charge in [-0.3, -0.25) is 14.5 Å². The quantitative estimate of drug-likeness (QED) is 0.233. The number of fused-ring (bicyclic) bond motifs is 4. The van der Waals surface area contributed by atoms with Crippen molar-refractivity contribution < 1.29 is 0 Å². The van der Waals surface area contributed by atoms with Gasteiger partial charge in [0.2, 0.25) is 0 Å². The fourth-order valence-electron chi connectivity index (χ4n) is 5.19. The zero-order valence-electron chi connectivity index (χ0n) is 21.6. The molecule has 0 aliphatic carbocycles. The second kappa shape index (κ2) is 9.06. The van der Waals surface area contributed by atoms with Crippen molar-refractivity contribution in [2.24, 2.45) is 0 Å². The molecule has 0 aliphatic rings. The lowest BCUT2D eigenvalue weighted by molar-refractivity contribution is 1.06. The van der Waals surface area contributed by atoms with Crippen LogP contribution in [-0.2, 0) is 0 Å². The van der Waals surface area contributed by atoms with Crippen molar-refractivity contribution in [3.63, 3.8) is 0 Å². The van der Waals surface area contributed by atoms with Gasteiger partial charge in [-0.05, 0) is 53.9 Å². The topological polar surface area (TPSA) is 111 Å². The van der Waals surface area contributed by atoms with Gasteiger partial charge in [-0.2, -0.15) is 0 Å². The van der Waals surface area contributed by atoms with E-state index in [-0.39, 0.29) is 0 Å². The highest BCUT2D eigenvalue weighted by Gasteiger charge is 2.28. The first-order chi connectivity index (χ1) is 20.8. The number of imidazole rings is 1. The maximum Gasteiger partial charge on any atom is 0.181 e. The Labute approximate surface area is 245 Å². The van der Waals surface area contributed by atoms with E-state index in [0.717, 1.165) is 53.1 Å². The summed E-state index contributed by atoms with van der Waals surface area (Å²) in [4.78, 5) is 37.4. The first-order valence-electron chi connectivity index (χ1n) is 13.1. The van der Waals surface area contributed by atoms with E-state index in [4.69, 9.17) is 24.9 Å². The Kier molecular flexibility index (Phi) is 5.03. The summed E-state index contributed by atoms with van der Waals surface area (Å²) in [6.07, 6.45) is 7.29. The highest BCUT2D eigenvalue weighted by molar-refractivity contribution is 7.21. The van der Waals surface area contributed by atoms with Gasteiger partial charge in [0.1, 0.15) is 16.4 Å². The van der Waals surface area contributed by atoms with Gasteiger partial charge >= 0.3 is 0 Å². The number of benzene rings is 1. The molecule has 0 unspecified atom stereocenters. The standard InChI is InChI=1S/C31H17N9S2/c1-2-6-18-17(5-1)15-34-30(37-18)28-27(29-35-16-25-20(38-29)9-12-41-25)39-31(23-13-21-19(36-23)7-3-10-32-21)40(28)26-14-22-24(42-26)8-4-11-33-22/h1-16,36H. The molecule has 8 aromatic heterocycles. The van der Waals surface area contributed by atoms with Crippen molar-refractivity contribution >= 4 is 65.0 Å². The van der Waals surface area contributed by atoms with Gasteiger partial charge in [-0.25, -0.2) is 24.9 Å². The third kappa shape index (κ3) is 3.64. The fourth-order valence-corrected chi connectivity index (χ4v) is 6.91. The van der Waals surface area contributed by atoms with Gasteiger partial charge in [-0.1, -0.05) is 18.2 Å². The molecule has 0 amide bonds. The van der Waals surface area contributed by atoms with Crippen LogP contribution >= 0.6 is 22.7 Å². The minimum Gasteiger partial charge on any atom is -0.351 e. The minimum atomic E-state index is 0.501. The van der Waals surface area contributed by atoms with E-state index in [1.807, 2.05) is 72.4 Å². The van der Waals surface area contributed by atoms with Crippen LogP contribution in [0.3, 0.4) is 0 Å². The van der Waals surface area contributed by atoms with E-state index in [9.17, 15) is 0 Å². The summed E-state index contributed by atoms with van der Waals surface area (Å²) in [7, 11) is 0. The Morgan fingerprint density at radius 3 is 2.45 bits per heavy atom. The van der Waals surface area contributed by atoms with Crippen molar-refractivity contribution in [2.45, 2.75) is 0 Å². The average Bonchev–Trinajstić information content (AvgIpc) is 3.83. The number of nitrogens with one attached hydrogen (secondary N) is 1. The van der Waals surface area contributed by atoms with Crippen LogP contribution in [0.15, 0.2) is 96.9 Å². The van der Waals surface area contributed by atoms with Gasteiger partial charge in [0.25, 0.3) is 0 Å². The number of pyridine rings is 2. The summed E-state index contributed by atoms with van der Waals surface area (Å²) in [5, 5.41) is 3.90. The Balaban J connectivity index is 1.41. The molecule has 9 aromatic rings. The number of aromatic amines is 1. The number of H-pyrrole nitrogens is 1. The molecule has 0 spiro atoms. The Bertz CT molecular complexity index is 2380. The van der Waals surface area contributed by atoms with E-state index in [1.165, 1.54) is 0 Å². The Morgan fingerprint density at radius 2 is 1.52 bits per heavy atom. The number of para-hydroxylation sites is 1. The van der Waals surface area contributed by atoms with Crippen LogP contribution in [0.4, 0.5) is 0 Å². The molecule has 9 rings (SSSR count). The highest BCUT2D eigenvalue weighted by atomic mass is 32.1. The molecule has 0 saturated heterocycles. The summed E-state index contributed by atoms with van der Waals surface area (Å²) in [5.74, 6) is 1.70. The molecule has 0 bridgehead atoms. The van der Waals surface area contributed by atoms with Gasteiger partial charge in [0.05, 0.1) is 42.7 Å². The minimum absolute atomic E-state index is 0.501. The molecule has 0 aliphatic heterocycles. The molecule has 0 saturated carbocycles. The summed E-state index contributed by atoms with van der Waals surface area (Å²) in [5.41, 5.74) is 6.46. The van der Waals surface area contributed by atoms with Crippen LogP contribution in [0, 0.1) is 0 Å². The van der Waals surface area contributed by atoms with E-state index in [1.54, 1.807) is 35.1 Å². The molecule has 8 heterocycles. The van der Waals surface area contributed by atoms with Crippen molar-refractivity contribution in [3.8, 4) is 39.6 Å². The lowest BCUT2D eigenvalue weighted by Crippen LogP contribution is -2.02. The second-order valence-corrected chi connectivity index (χ2v) is 11.7. The smallest absolute Gasteiger partial charge is 0.181 e. The monoisotopic (exact) mass is 579 g/mol. The predicted octanol–water partition coefficient (Wildman–Crippen LogP) is 7.31. The van der Waals surface area contributed by atoms with Crippen LogP contribution in [-0.4, -0.2) is 44.4 Å². The largest absolute Gasteiger partial charge is 0.351 e. The van der Waals surface area contributed by atoms with Crippen molar-refractivity contribution in [1.29, 1.82) is 0 Å². The SMILES string of the molecule is c1ccc2nc(-c3c(-c4ncc5sccc5n4)nc(-c4cc5ncccc5[nH]4)n3-c3cc4ncccc4s3)ncc2c1. The van der Waals surface area contributed by atoms with Gasteiger partial charge in [0, 0.05) is 30.2 Å². The molecule has 0 radical (unpaired) electrons. The molecule has 1 N–H and O–H groups in total. The number of hydrogen-bond acceptors (Lipinski definition) is 9. The zero-order chi connectivity index (χ0) is 27.6. The summed E-state index contributed by atoms with van der Waals surface area (Å²) in [6.45, 7) is 0. The fraction of sp³-hybridized carbons (Fsp3) is 0. The van der Waals surface area contributed by atoms with Gasteiger partial charge in [-0.15, -0.1) is 22.7 Å². The van der Waals surface area contributed by atoms with Crippen molar-refractivity contribution in [1.82, 2.24) is 44.4 Å². The lowest BCUT2D eigenvalue weighted by Gasteiger charge is -2.10. The number of aromatic nitrogens is 9. The maximum absolute atomic E-state index is 5.23. The first-order valence-corrected chi connectivity index (χ1v) is 14.8. The molecule has 0 fully saturated rings. The summed E-state index contributed by atoms with van der Waals surface area (Å²) in [6, 6.07) is 22.0. The third-order valence-corrected chi connectivity index (χ3v) is 9.03. The van der Waals surface area contributed by atoms with Crippen molar-refractivity contribution in [3.05, 3.63) is 96.9 Å². The Morgan fingerprint density at radius 1 is 0.667 bits per heavy atom. The van der Waals surface area contributed by atoms with Crippen LogP contribution < -0.4 is 0 Å². The average molecular weight is 580 g/mol. The third-order valence-electron chi connectivity index (χ3n) is 7.12. The maximum atomic E-state index is 5.23. The van der Waals surface area contributed by atoms with Crippen LogP contribution in [0.2, 0.25) is 0 Å². The van der Waals surface area contributed by atoms with Crippen LogP contribution in [0.5, 0.6) is 0 Å². The van der Waals surface area contributed by atoms with E-state index in [2.05, 4.69) is 31.7 Å². The van der Waals surface area contributed by atoms with Crippen molar-refractivity contribution in [2.75, 3.05) is 0 Å². The summed E-state index contributed by atoms with van der Waals surface area (Å²) < 4.78 is 4.17. The zero-order valence-corrected chi connectivity index (χ0v) is 23.3. The van der Waals surface area contributed by atoms with E-state index in [0.29, 0.717) is 28.9 Å². The van der Waals surface area contributed by atoms with Gasteiger partial charge in [0.15, 0.2) is 17.5 Å². The first kappa shape index (κ1) is 23.3. The Hall–Kier alpha value is -5.39. The summed E-state index contributed by atoms with van der Waals surface area (Å²) >= 11 is 3.23. The number of hydrogen-bond donors (Lipinski definition) is 1. The van der Waals surface area contributed by atoms with E-state index >= 15 is 0 Å². The predicted molar refractivity (Wildman–Crippen MR) is 167 cm³/mol. The molecular weight excluding hydrogens is 563 g/mol. The molecule has 1 aromatic carbocycles. The number of nitrogens with zero attached hydrogens (tertiary/aromatic N) is 8. The highest BCUT2D eigenvalue weighted by Crippen LogP contribution is 2.40.